The first-order chi connectivity index (χ1) is 9.13. The number of aryl methyl sites for hydroxylation is 1. The van der Waals surface area contributed by atoms with Crippen molar-refractivity contribution in [1.29, 1.82) is 0 Å². The molecule has 1 aliphatic heterocycles. The largest absolute Gasteiger partial charge is 0.312 e. The fourth-order valence-corrected chi connectivity index (χ4v) is 3.16. The van der Waals surface area contributed by atoms with Crippen LogP contribution in [-0.2, 0) is 0 Å². The Morgan fingerprint density at radius 1 is 1.21 bits per heavy atom. The average Bonchev–Trinajstić information content (AvgIpc) is 2.55. The SMILES string of the molecule is CNC(c1ccccc1C)C1CN(C)CCCN1C. The van der Waals surface area contributed by atoms with Gasteiger partial charge >= 0.3 is 0 Å². The lowest BCUT2D eigenvalue weighted by atomic mass is 9.94. The minimum absolute atomic E-state index is 0.395. The number of hydrogen-bond donors (Lipinski definition) is 1. The molecule has 3 heteroatoms. The summed E-state index contributed by atoms with van der Waals surface area (Å²) in [6.45, 7) is 5.71. The highest BCUT2D eigenvalue weighted by Gasteiger charge is 2.29. The molecule has 106 valence electrons. The van der Waals surface area contributed by atoms with E-state index in [9.17, 15) is 0 Å². The quantitative estimate of drug-likeness (QED) is 0.896. The first-order valence-corrected chi connectivity index (χ1v) is 7.25. The third-order valence-corrected chi connectivity index (χ3v) is 4.33. The zero-order valence-corrected chi connectivity index (χ0v) is 12.7. The fraction of sp³-hybridized carbons (Fsp3) is 0.625. The van der Waals surface area contributed by atoms with Crippen LogP contribution >= 0.6 is 0 Å². The van der Waals surface area contributed by atoms with Gasteiger partial charge in [0.2, 0.25) is 0 Å². The van der Waals surface area contributed by atoms with Crippen LogP contribution in [0, 0.1) is 6.92 Å². The number of benzene rings is 1. The predicted molar refractivity (Wildman–Crippen MR) is 81.5 cm³/mol. The molecule has 0 aromatic heterocycles. The van der Waals surface area contributed by atoms with Gasteiger partial charge in [-0.2, -0.15) is 0 Å². The van der Waals surface area contributed by atoms with Gasteiger partial charge in [-0.05, 0) is 58.7 Å². The Labute approximate surface area is 117 Å². The summed E-state index contributed by atoms with van der Waals surface area (Å²) >= 11 is 0. The lowest BCUT2D eigenvalue weighted by Gasteiger charge is -2.35. The van der Waals surface area contributed by atoms with Crippen LogP contribution in [0.15, 0.2) is 24.3 Å². The Balaban J connectivity index is 2.27. The maximum Gasteiger partial charge on any atom is 0.0490 e. The van der Waals surface area contributed by atoms with Gasteiger partial charge in [-0.1, -0.05) is 24.3 Å². The van der Waals surface area contributed by atoms with Gasteiger partial charge in [-0.15, -0.1) is 0 Å². The van der Waals surface area contributed by atoms with Crippen molar-refractivity contribution in [2.24, 2.45) is 0 Å². The number of hydrogen-bond acceptors (Lipinski definition) is 3. The van der Waals surface area contributed by atoms with Gasteiger partial charge in [-0.3, -0.25) is 0 Å². The van der Waals surface area contributed by atoms with E-state index >= 15 is 0 Å². The van der Waals surface area contributed by atoms with Crippen LogP contribution in [0.3, 0.4) is 0 Å². The number of nitrogens with one attached hydrogen (secondary N) is 1. The van der Waals surface area contributed by atoms with Crippen LogP contribution in [0.2, 0.25) is 0 Å². The fourth-order valence-electron chi connectivity index (χ4n) is 3.16. The van der Waals surface area contributed by atoms with E-state index in [-0.39, 0.29) is 0 Å². The minimum atomic E-state index is 0.395. The Morgan fingerprint density at radius 3 is 2.63 bits per heavy atom. The monoisotopic (exact) mass is 261 g/mol. The molecule has 0 spiro atoms. The van der Waals surface area contributed by atoms with Gasteiger partial charge in [0.15, 0.2) is 0 Å². The van der Waals surface area contributed by atoms with E-state index in [4.69, 9.17) is 0 Å². The number of likely N-dealkylation sites (N-methyl/N-ethyl adjacent to an activating group) is 3. The van der Waals surface area contributed by atoms with Gasteiger partial charge in [0.05, 0.1) is 0 Å². The molecule has 1 N–H and O–H groups in total. The van der Waals surface area contributed by atoms with Crippen molar-refractivity contribution in [1.82, 2.24) is 15.1 Å². The Kier molecular flexibility index (Phi) is 4.97. The van der Waals surface area contributed by atoms with E-state index in [0.29, 0.717) is 12.1 Å². The maximum atomic E-state index is 3.54. The molecule has 0 saturated carbocycles. The first-order valence-electron chi connectivity index (χ1n) is 7.25. The van der Waals surface area contributed by atoms with E-state index in [2.05, 4.69) is 67.4 Å². The Hall–Kier alpha value is -0.900. The molecule has 2 unspecified atom stereocenters. The van der Waals surface area contributed by atoms with Gasteiger partial charge in [0.1, 0.15) is 0 Å². The van der Waals surface area contributed by atoms with Crippen molar-refractivity contribution in [2.75, 3.05) is 40.8 Å². The molecule has 0 radical (unpaired) electrons. The summed E-state index contributed by atoms with van der Waals surface area (Å²) in [7, 11) is 6.57. The van der Waals surface area contributed by atoms with Crippen LogP contribution in [0.5, 0.6) is 0 Å². The molecule has 1 aromatic carbocycles. The third kappa shape index (κ3) is 3.35. The molecular weight excluding hydrogens is 234 g/mol. The molecule has 3 nitrogen and oxygen atoms in total. The molecule has 0 aliphatic carbocycles. The van der Waals surface area contributed by atoms with Crippen LogP contribution in [0.25, 0.3) is 0 Å². The molecule has 2 atom stereocenters. The average molecular weight is 261 g/mol. The predicted octanol–water partition coefficient (Wildman–Crippen LogP) is 1.89. The summed E-state index contributed by atoms with van der Waals surface area (Å²) in [6, 6.07) is 9.65. The summed E-state index contributed by atoms with van der Waals surface area (Å²) in [4.78, 5) is 4.97. The van der Waals surface area contributed by atoms with E-state index < -0.39 is 0 Å². The highest BCUT2D eigenvalue weighted by atomic mass is 15.2. The molecule has 2 rings (SSSR count). The van der Waals surface area contributed by atoms with E-state index in [1.54, 1.807) is 0 Å². The van der Waals surface area contributed by atoms with E-state index in [1.807, 2.05) is 0 Å². The van der Waals surface area contributed by atoms with E-state index in [1.165, 1.54) is 30.6 Å². The molecule has 1 heterocycles. The normalized spacial score (nSPS) is 24.1. The second-order valence-corrected chi connectivity index (χ2v) is 5.79. The Morgan fingerprint density at radius 2 is 1.95 bits per heavy atom. The minimum Gasteiger partial charge on any atom is -0.312 e. The summed E-state index contributed by atoms with van der Waals surface area (Å²) < 4.78 is 0. The molecule has 0 bridgehead atoms. The molecule has 19 heavy (non-hydrogen) atoms. The molecule has 1 saturated heterocycles. The van der Waals surface area contributed by atoms with Crippen molar-refractivity contribution in [3.8, 4) is 0 Å². The lowest BCUT2D eigenvalue weighted by Crippen LogP contribution is -2.46. The van der Waals surface area contributed by atoms with Crippen LogP contribution in [-0.4, -0.2) is 56.6 Å². The van der Waals surface area contributed by atoms with Crippen LogP contribution in [0.4, 0.5) is 0 Å². The second kappa shape index (κ2) is 6.51. The third-order valence-electron chi connectivity index (χ3n) is 4.33. The Bertz CT molecular complexity index is 405. The smallest absolute Gasteiger partial charge is 0.0490 e. The highest BCUT2D eigenvalue weighted by Crippen LogP contribution is 2.25. The van der Waals surface area contributed by atoms with Gasteiger partial charge < -0.3 is 15.1 Å². The standard InChI is InChI=1S/C16H27N3/c1-13-8-5-6-9-14(13)16(17-2)15-12-18(3)10-7-11-19(15)4/h5-6,8-9,15-17H,7,10-12H2,1-4H3. The molecule has 1 aliphatic rings. The highest BCUT2D eigenvalue weighted by molar-refractivity contribution is 5.30. The molecule has 1 aromatic rings. The number of nitrogens with zero attached hydrogens (tertiary/aromatic N) is 2. The zero-order chi connectivity index (χ0) is 13.8. The van der Waals surface area contributed by atoms with Crippen molar-refractivity contribution < 1.29 is 0 Å². The first kappa shape index (κ1) is 14.5. The van der Waals surface area contributed by atoms with Crippen molar-refractivity contribution in [3.05, 3.63) is 35.4 Å². The summed E-state index contributed by atoms with van der Waals surface area (Å²) in [6.07, 6.45) is 1.26. The van der Waals surface area contributed by atoms with E-state index in [0.717, 1.165) is 6.54 Å². The van der Waals surface area contributed by atoms with Crippen molar-refractivity contribution in [3.63, 3.8) is 0 Å². The van der Waals surface area contributed by atoms with Crippen molar-refractivity contribution >= 4 is 0 Å². The molecule has 1 fully saturated rings. The van der Waals surface area contributed by atoms with Crippen molar-refractivity contribution in [2.45, 2.75) is 25.4 Å². The molecule has 0 amide bonds. The summed E-state index contributed by atoms with van der Waals surface area (Å²) in [5.41, 5.74) is 2.80. The maximum absolute atomic E-state index is 3.54. The van der Waals surface area contributed by atoms with Gasteiger partial charge in [-0.25, -0.2) is 0 Å². The number of rotatable bonds is 3. The topological polar surface area (TPSA) is 18.5 Å². The lowest BCUT2D eigenvalue weighted by molar-refractivity contribution is 0.182. The van der Waals surface area contributed by atoms with Crippen LogP contribution < -0.4 is 5.32 Å². The summed E-state index contributed by atoms with van der Waals surface area (Å²) in [5.74, 6) is 0. The molecular formula is C16H27N3. The second-order valence-electron chi connectivity index (χ2n) is 5.79. The zero-order valence-electron chi connectivity index (χ0n) is 12.7. The van der Waals surface area contributed by atoms with Crippen LogP contribution in [0.1, 0.15) is 23.6 Å². The summed E-state index contributed by atoms with van der Waals surface area (Å²) in [5, 5.41) is 3.54. The van der Waals surface area contributed by atoms with Gasteiger partial charge in [0, 0.05) is 18.6 Å². The van der Waals surface area contributed by atoms with Gasteiger partial charge in [0.25, 0.3) is 0 Å².